The van der Waals surface area contributed by atoms with E-state index in [1.165, 1.54) is 11.1 Å². The molecule has 29 heavy (non-hydrogen) atoms. The third-order valence-electron chi connectivity index (χ3n) is 5.72. The van der Waals surface area contributed by atoms with Gasteiger partial charge in [0.25, 0.3) is 5.92 Å². The van der Waals surface area contributed by atoms with Gasteiger partial charge in [-0.25, -0.2) is 13.2 Å². The van der Waals surface area contributed by atoms with Crippen LogP contribution >= 0.6 is 0 Å². The van der Waals surface area contributed by atoms with Gasteiger partial charge < -0.3 is 24.8 Å². The van der Waals surface area contributed by atoms with Crippen LogP contribution in [0.2, 0.25) is 0 Å². The molecule has 0 aromatic carbocycles. The van der Waals surface area contributed by atoms with Crippen LogP contribution in [0, 0.1) is 5.82 Å². The van der Waals surface area contributed by atoms with Crippen molar-refractivity contribution in [3.63, 3.8) is 0 Å². The summed E-state index contributed by atoms with van der Waals surface area (Å²) in [4.78, 5) is 17.1. The summed E-state index contributed by atoms with van der Waals surface area (Å²) in [6.07, 6.45) is -0.00261. The van der Waals surface area contributed by atoms with E-state index < -0.39 is 42.7 Å². The number of pyridine rings is 1. The number of nitrogens with zero attached hydrogens (tertiary/aromatic N) is 2. The van der Waals surface area contributed by atoms with Crippen molar-refractivity contribution in [2.24, 2.45) is 0 Å². The third-order valence-corrected chi connectivity index (χ3v) is 5.72. The van der Waals surface area contributed by atoms with E-state index in [1.54, 1.807) is 6.07 Å². The minimum absolute atomic E-state index is 0.00337. The number of likely N-dealkylation sites (tertiary alicyclic amines) is 1. The standard InChI is InChI=1S/C19H24F3N3O4/c20-13-8-23-3-1-11(13)7-24-9-15-17(27)18-14(29-15)5-12(28-18)6-16(26)25-4-2-19(21,22)10-25/h1,3,8,12,14-15,17-18,24,27H,2,4-7,9-10H2/t12-,14+,15+,17+,18-/m0/s1. The van der Waals surface area contributed by atoms with Crippen LogP contribution in [0.25, 0.3) is 0 Å². The van der Waals surface area contributed by atoms with Crippen molar-refractivity contribution in [1.82, 2.24) is 15.2 Å². The summed E-state index contributed by atoms with van der Waals surface area (Å²) in [6, 6.07) is 1.57. The minimum Gasteiger partial charge on any atom is -0.388 e. The number of aliphatic hydroxyl groups excluding tert-OH is 1. The zero-order chi connectivity index (χ0) is 20.6. The fraction of sp³-hybridized carbons (Fsp3) is 0.684. The first-order valence-electron chi connectivity index (χ1n) is 9.76. The highest BCUT2D eigenvalue weighted by atomic mass is 19.3. The van der Waals surface area contributed by atoms with E-state index in [4.69, 9.17) is 9.47 Å². The molecule has 160 valence electrons. The number of amides is 1. The number of fused-ring (bicyclic) bond motifs is 1. The first-order chi connectivity index (χ1) is 13.8. The molecular formula is C19H24F3N3O4. The number of nitrogens with one attached hydrogen (secondary N) is 1. The van der Waals surface area contributed by atoms with Crippen LogP contribution in [0.1, 0.15) is 24.8 Å². The molecular weight excluding hydrogens is 391 g/mol. The van der Waals surface area contributed by atoms with E-state index in [0.29, 0.717) is 18.5 Å². The van der Waals surface area contributed by atoms with Crippen molar-refractivity contribution in [3.05, 3.63) is 29.8 Å². The molecule has 0 spiro atoms. The lowest BCUT2D eigenvalue weighted by atomic mass is 10.1. The molecule has 10 heteroatoms. The van der Waals surface area contributed by atoms with Gasteiger partial charge in [0.2, 0.25) is 5.91 Å². The average Bonchev–Trinajstić information content (AvgIpc) is 3.31. The predicted molar refractivity (Wildman–Crippen MR) is 94.6 cm³/mol. The zero-order valence-corrected chi connectivity index (χ0v) is 15.8. The Balaban J connectivity index is 1.22. The Morgan fingerprint density at radius 2 is 2.24 bits per heavy atom. The van der Waals surface area contributed by atoms with Crippen molar-refractivity contribution in [2.75, 3.05) is 19.6 Å². The van der Waals surface area contributed by atoms with Crippen LogP contribution in [-0.4, -0.2) is 77.0 Å². The third kappa shape index (κ3) is 4.55. The Bertz CT molecular complexity index is 753. The second-order valence-electron chi connectivity index (χ2n) is 7.89. The van der Waals surface area contributed by atoms with Crippen LogP contribution in [0.5, 0.6) is 0 Å². The lowest BCUT2D eigenvalue weighted by molar-refractivity contribution is -0.135. The lowest BCUT2D eigenvalue weighted by Gasteiger charge is -2.22. The van der Waals surface area contributed by atoms with Gasteiger partial charge in [0.1, 0.15) is 18.0 Å². The molecule has 3 saturated heterocycles. The van der Waals surface area contributed by atoms with Gasteiger partial charge in [-0.2, -0.15) is 0 Å². The number of aliphatic hydroxyl groups is 1. The van der Waals surface area contributed by atoms with E-state index in [9.17, 15) is 23.1 Å². The number of ether oxygens (including phenoxy) is 2. The Morgan fingerprint density at radius 1 is 1.41 bits per heavy atom. The molecule has 2 N–H and O–H groups in total. The number of hydrogen-bond acceptors (Lipinski definition) is 6. The van der Waals surface area contributed by atoms with Gasteiger partial charge in [-0.1, -0.05) is 0 Å². The number of hydrogen-bond donors (Lipinski definition) is 2. The first-order valence-corrected chi connectivity index (χ1v) is 9.76. The van der Waals surface area contributed by atoms with Crippen molar-refractivity contribution in [3.8, 4) is 0 Å². The summed E-state index contributed by atoms with van der Waals surface area (Å²) in [6.45, 7) is 0.0904. The molecule has 7 nitrogen and oxygen atoms in total. The minimum atomic E-state index is -2.82. The molecule has 0 aliphatic carbocycles. The maximum atomic E-state index is 13.6. The molecule has 5 atom stereocenters. The molecule has 0 radical (unpaired) electrons. The first kappa shape index (κ1) is 20.5. The van der Waals surface area contributed by atoms with Crippen LogP contribution in [0.15, 0.2) is 18.5 Å². The Hall–Kier alpha value is -1.75. The Kier molecular flexibility index (Phi) is 5.78. The Labute approximate surface area is 166 Å². The summed E-state index contributed by atoms with van der Waals surface area (Å²) in [5, 5.41) is 13.5. The number of aromatic nitrogens is 1. The summed E-state index contributed by atoms with van der Waals surface area (Å²) in [5.41, 5.74) is 0.468. The number of halogens is 3. The number of alkyl halides is 2. The quantitative estimate of drug-likeness (QED) is 0.717. The normalized spacial score (nSPS) is 33.2. The zero-order valence-electron chi connectivity index (χ0n) is 15.8. The summed E-state index contributed by atoms with van der Waals surface area (Å²) >= 11 is 0. The average molecular weight is 415 g/mol. The lowest BCUT2D eigenvalue weighted by Crippen LogP contribution is -2.39. The fourth-order valence-electron chi connectivity index (χ4n) is 4.18. The van der Waals surface area contributed by atoms with Gasteiger partial charge in [-0.15, -0.1) is 0 Å². The molecule has 1 amide bonds. The van der Waals surface area contributed by atoms with Gasteiger partial charge >= 0.3 is 0 Å². The van der Waals surface area contributed by atoms with Gasteiger partial charge in [0, 0.05) is 44.2 Å². The molecule has 0 bridgehead atoms. The molecule has 3 aliphatic heterocycles. The molecule has 4 rings (SSSR count). The summed E-state index contributed by atoms with van der Waals surface area (Å²) in [7, 11) is 0. The monoisotopic (exact) mass is 415 g/mol. The topological polar surface area (TPSA) is 83.9 Å². The number of carbonyl (C=O) groups excluding carboxylic acids is 1. The highest BCUT2D eigenvalue weighted by molar-refractivity contribution is 5.77. The molecule has 3 fully saturated rings. The summed E-state index contributed by atoms with van der Waals surface area (Å²) < 4.78 is 51.8. The van der Waals surface area contributed by atoms with E-state index in [2.05, 4.69) is 10.3 Å². The van der Waals surface area contributed by atoms with Crippen LogP contribution in [0.4, 0.5) is 13.2 Å². The maximum Gasteiger partial charge on any atom is 0.267 e. The van der Waals surface area contributed by atoms with E-state index in [0.717, 1.165) is 6.20 Å². The van der Waals surface area contributed by atoms with Gasteiger partial charge in [-0.05, 0) is 6.07 Å². The van der Waals surface area contributed by atoms with Crippen molar-refractivity contribution >= 4 is 5.91 Å². The summed E-state index contributed by atoms with van der Waals surface area (Å²) in [5.74, 6) is -3.59. The molecule has 0 saturated carbocycles. The molecule has 3 aliphatic rings. The molecule has 1 aromatic rings. The largest absolute Gasteiger partial charge is 0.388 e. The van der Waals surface area contributed by atoms with Crippen molar-refractivity contribution in [2.45, 2.75) is 62.2 Å². The van der Waals surface area contributed by atoms with Crippen LogP contribution in [-0.2, 0) is 20.8 Å². The second kappa shape index (κ2) is 8.17. The van der Waals surface area contributed by atoms with Gasteiger partial charge in [0.15, 0.2) is 0 Å². The van der Waals surface area contributed by atoms with Crippen LogP contribution in [0.3, 0.4) is 0 Å². The number of carbonyl (C=O) groups is 1. The van der Waals surface area contributed by atoms with E-state index in [1.807, 2.05) is 0 Å². The maximum absolute atomic E-state index is 13.6. The van der Waals surface area contributed by atoms with Crippen LogP contribution < -0.4 is 5.32 Å². The van der Waals surface area contributed by atoms with Gasteiger partial charge in [-0.3, -0.25) is 9.78 Å². The highest BCUT2D eigenvalue weighted by Gasteiger charge is 2.51. The highest BCUT2D eigenvalue weighted by Crippen LogP contribution is 2.36. The SMILES string of the molecule is O=C(C[C@@H]1C[C@H]2O[C@H](CNCc3ccncc3F)[C@@H](O)[C@H]2O1)N1CCC(F)(F)C1. The molecule has 4 heterocycles. The predicted octanol–water partition coefficient (Wildman–Crippen LogP) is 0.854. The Morgan fingerprint density at radius 3 is 2.93 bits per heavy atom. The second-order valence-corrected chi connectivity index (χ2v) is 7.89. The number of rotatable bonds is 6. The van der Waals surface area contributed by atoms with Crippen molar-refractivity contribution in [1.29, 1.82) is 0 Å². The fourth-order valence-corrected chi connectivity index (χ4v) is 4.18. The van der Waals surface area contributed by atoms with E-state index >= 15 is 0 Å². The molecule has 1 aromatic heterocycles. The van der Waals surface area contributed by atoms with Gasteiger partial charge in [0.05, 0.1) is 37.5 Å². The smallest absolute Gasteiger partial charge is 0.267 e. The van der Waals surface area contributed by atoms with Crippen molar-refractivity contribution < 1.29 is 32.5 Å². The molecule has 0 unspecified atom stereocenters. The van der Waals surface area contributed by atoms with E-state index in [-0.39, 0.29) is 37.9 Å².